The molecule has 0 aliphatic heterocycles. The molecular formula is C16H25NO. The second kappa shape index (κ2) is 6.24. The lowest BCUT2D eigenvalue weighted by Gasteiger charge is -2.36. The quantitative estimate of drug-likeness (QED) is 0.853. The van der Waals surface area contributed by atoms with Gasteiger partial charge >= 0.3 is 0 Å². The van der Waals surface area contributed by atoms with E-state index in [1.54, 1.807) is 0 Å². The van der Waals surface area contributed by atoms with Crippen LogP contribution in [0.4, 0.5) is 0 Å². The van der Waals surface area contributed by atoms with Crippen LogP contribution in [-0.4, -0.2) is 23.1 Å². The van der Waals surface area contributed by atoms with Crippen molar-refractivity contribution in [1.82, 2.24) is 4.90 Å². The number of aryl methyl sites for hydroxylation is 1. The Morgan fingerprint density at radius 3 is 2.61 bits per heavy atom. The number of nitrogens with zero attached hydrogens (tertiary/aromatic N) is 1. The average Bonchev–Trinajstić information content (AvgIpc) is 2.38. The van der Waals surface area contributed by atoms with E-state index in [-0.39, 0.29) is 0 Å². The second-order valence-electron chi connectivity index (χ2n) is 5.29. The van der Waals surface area contributed by atoms with E-state index in [0.29, 0.717) is 11.8 Å². The van der Waals surface area contributed by atoms with Crippen LogP contribution in [0.15, 0.2) is 18.2 Å². The Morgan fingerprint density at radius 1 is 1.22 bits per heavy atom. The van der Waals surface area contributed by atoms with Gasteiger partial charge in [-0.3, -0.25) is 4.90 Å². The molecule has 0 saturated heterocycles. The van der Waals surface area contributed by atoms with Crippen molar-refractivity contribution in [3.63, 3.8) is 0 Å². The van der Waals surface area contributed by atoms with Crippen molar-refractivity contribution in [1.29, 1.82) is 0 Å². The molecule has 2 nitrogen and oxygen atoms in total. The Balaban J connectivity index is 2.29. The minimum absolute atomic E-state index is 0.426. The van der Waals surface area contributed by atoms with Crippen LogP contribution in [0.5, 0.6) is 5.75 Å². The topological polar surface area (TPSA) is 23.5 Å². The molecule has 100 valence electrons. The van der Waals surface area contributed by atoms with Crippen LogP contribution >= 0.6 is 0 Å². The highest BCUT2D eigenvalue weighted by Gasteiger charge is 2.27. The van der Waals surface area contributed by atoms with E-state index >= 15 is 0 Å². The number of aromatic hydroxyl groups is 1. The van der Waals surface area contributed by atoms with Crippen LogP contribution in [0, 0.1) is 0 Å². The molecule has 1 aliphatic carbocycles. The van der Waals surface area contributed by atoms with Gasteiger partial charge in [-0.15, -0.1) is 0 Å². The molecule has 0 heterocycles. The minimum atomic E-state index is 0.426. The predicted octanol–water partition coefficient (Wildman–Crippen LogP) is 3.89. The monoisotopic (exact) mass is 247 g/mol. The molecule has 1 aromatic rings. The number of rotatable bonds is 5. The second-order valence-corrected chi connectivity index (χ2v) is 5.29. The number of hydrogen-bond acceptors (Lipinski definition) is 2. The third-order valence-electron chi connectivity index (χ3n) is 3.89. The van der Waals surface area contributed by atoms with Crippen LogP contribution in [0.3, 0.4) is 0 Å². The maximum Gasteiger partial charge on any atom is 0.120 e. The van der Waals surface area contributed by atoms with Gasteiger partial charge in [-0.2, -0.15) is 0 Å². The smallest absolute Gasteiger partial charge is 0.120 e. The SMILES string of the molecule is CCCN(CCC)[C@@H]1CCCc2cccc(O)c21. The molecule has 0 spiro atoms. The van der Waals surface area contributed by atoms with Gasteiger partial charge in [0.1, 0.15) is 5.75 Å². The first kappa shape index (κ1) is 13.4. The fourth-order valence-electron chi connectivity index (χ4n) is 3.20. The van der Waals surface area contributed by atoms with Gasteiger partial charge in [0.05, 0.1) is 0 Å². The highest BCUT2D eigenvalue weighted by atomic mass is 16.3. The zero-order valence-corrected chi connectivity index (χ0v) is 11.7. The summed E-state index contributed by atoms with van der Waals surface area (Å²) in [5.41, 5.74) is 2.55. The van der Waals surface area contributed by atoms with E-state index in [1.165, 1.54) is 36.8 Å². The van der Waals surface area contributed by atoms with Gasteiger partial charge in [0.15, 0.2) is 0 Å². The van der Waals surface area contributed by atoms with Gasteiger partial charge in [-0.05, 0) is 56.8 Å². The van der Waals surface area contributed by atoms with Crippen molar-refractivity contribution in [2.45, 2.75) is 52.0 Å². The lowest BCUT2D eigenvalue weighted by atomic mass is 9.86. The van der Waals surface area contributed by atoms with Gasteiger partial charge in [0.25, 0.3) is 0 Å². The van der Waals surface area contributed by atoms with Gasteiger partial charge in [0, 0.05) is 11.6 Å². The van der Waals surface area contributed by atoms with Crippen LogP contribution < -0.4 is 0 Å². The zero-order valence-electron chi connectivity index (χ0n) is 11.7. The number of phenols is 1. The van der Waals surface area contributed by atoms with Crippen molar-refractivity contribution in [3.8, 4) is 5.75 Å². The molecule has 2 heteroatoms. The highest BCUT2D eigenvalue weighted by Crippen LogP contribution is 2.39. The first-order chi connectivity index (χ1) is 8.77. The van der Waals surface area contributed by atoms with Crippen molar-refractivity contribution >= 4 is 0 Å². The summed E-state index contributed by atoms with van der Waals surface area (Å²) >= 11 is 0. The summed E-state index contributed by atoms with van der Waals surface area (Å²) in [5.74, 6) is 0.495. The van der Waals surface area contributed by atoms with Crippen LogP contribution in [0.1, 0.15) is 56.7 Å². The van der Waals surface area contributed by atoms with Crippen LogP contribution in [0.2, 0.25) is 0 Å². The van der Waals surface area contributed by atoms with E-state index in [9.17, 15) is 5.11 Å². The third kappa shape index (κ3) is 2.69. The standard InChI is InChI=1S/C16H25NO/c1-3-11-17(12-4-2)14-9-5-7-13-8-6-10-15(18)16(13)14/h6,8,10,14,18H,3-5,7,9,11-12H2,1-2H3/t14-/m1/s1. The summed E-state index contributed by atoms with van der Waals surface area (Å²) in [4.78, 5) is 2.55. The van der Waals surface area contributed by atoms with Crippen molar-refractivity contribution in [3.05, 3.63) is 29.3 Å². The van der Waals surface area contributed by atoms with E-state index in [2.05, 4.69) is 24.8 Å². The fraction of sp³-hybridized carbons (Fsp3) is 0.625. The Morgan fingerprint density at radius 2 is 1.94 bits per heavy atom. The normalized spacial score (nSPS) is 18.9. The highest BCUT2D eigenvalue weighted by molar-refractivity contribution is 5.43. The Kier molecular flexibility index (Phi) is 4.65. The maximum atomic E-state index is 10.2. The zero-order chi connectivity index (χ0) is 13.0. The Bertz CT molecular complexity index is 383. The molecule has 1 aromatic carbocycles. The molecule has 1 atom stereocenters. The van der Waals surface area contributed by atoms with Crippen molar-refractivity contribution in [2.75, 3.05) is 13.1 Å². The summed E-state index contributed by atoms with van der Waals surface area (Å²) in [6.07, 6.45) is 5.90. The van der Waals surface area contributed by atoms with E-state index in [0.717, 1.165) is 19.5 Å². The van der Waals surface area contributed by atoms with Crippen LogP contribution in [0.25, 0.3) is 0 Å². The maximum absolute atomic E-state index is 10.2. The first-order valence-electron chi connectivity index (χ1n) is 7.32. The summed E-state index contributed by atoms with van der Waals surface area (Å²) in [7, 11) is 0. The first-order valence-corrected chi connectivity index (χ1v) is 7.32. The molecule has 0 bridgehead atoms. The predicted molar refractivity (Wildman–Crippen MR) is 75.9 cm³/mol. The van der Waals surface area contributed by atoms with Crippen molar-refractivity contribution < 1.29 is 5.11 Å². The largest absolute Gasteiger partial charge is 0.508 e. The molecule has 0 radical (unpaired) electrons. The van der Waals surface area contributed by atoms with E-state index in [4.69, 9.17) is 0 Å². The summed E-state index contributed by atoms with van der Waals surface area (Å²) in [6, 6.07) is 6.42. The van der Waals surface area contributed by atoms with Crippen LogP contribution in [-0.2, 0) is 6.42 Å². The molecular weight excluding hydrogens is 222 g/mol. The molecule has 0 unspecified atom stereocenters. The molecule has 2 rings (SSSR count). The summed E-state index contributed by atoms with van der Waals surface area (Å²) < 4.78 is 0. The van der Waals surface area contributed by atoms with E-state index < -0.39 is 0 Å². The lowest BCUT2D eigenvalue weighted by molar-refractivity contribution is 0.175. The van der Waals surface area contributed by atoms with Gasteiger partial charge in [-0.25, -0.2) is 0 Å². The number of benzene rings is 1. The molecule has 1 aliphatic rings. The molecule has 0 saturated carbocycles. The summed E-state index contributed by atoms with van der Waals surface area (Å²) in [6.45, 7) is 6.73. The minimum Gasteiger partial charge on any atom is -0.508 e. The third-order valence-corrected chi connectivity index (χ3v) is 3.89. The molecule has 0 amide bonds. The van der Waals surface area contributed by atoms with Gasteiger partial charge < -0.3 is 5.11 Å². The van der Waals surface area contributed by atoms with E-state index in [1.807, 2.05) is 12.1 Å². The molecule has 1 N–H and O–H groups in total. The lowest BCUT2D eigenvalue weighted by Crippen LogP contribution is -2.32. The fourth-order valence-corrected chi connectivity index (χ4v) is 3.20. The van der Waals surface area contributed by atoms with Gasteiger partial charge in [-0.1, -0.05) is 26.0 Å². The number of fused-ring (bicyclic) bond motifs is 1. The Hall–Kier alpha value is -1.02. The average molecular weight is 247 g/mol. The Labute approximate surface area is 111 Å². The number of hydrogen-bond donors (Lipinski definition) is 1. The summed E-state index contributed by atoms with van der Waals surface area (Å²) in [5, 5.41) is 10.2. The number of phenolic OH excluding ortho intramolecular Hbond substituents is 1. The molecule has 18 heavy (non-hydrogen) atoms. The van der Waals surface area contributed by atoms with Crippen molar-refractivity contribution in [2.24, 2.45) is 0 Å². The molecule has 0 fully saturated rings. The van der Waals surface area contributed by atoms with Gasteiger partial charge in [0.2, 0.25) is 0 Å². The molecule has 0 aromatic heterocycles.